The third kappa shape index (κ3) is 3.20. The molecular formula is C13H10BrClFN. The molecule has 0 amide bonds. The summed E-state index contributed by atoms with van der Waals surface area (Å²) in [6.45, 7) is 0.368. The number of hydrogen-bond donors (Lipinski definition) is 1. The predicted octanol–water partition coefficient (Wildman–Crippen LogP) is 4.85. The van der Waals surface area contributed by atoms with Crippen LogP contribution in [-0.4, -0.2) is 0 Å². The molecule has 0 saturated heterocycles. The van der Waals surface area contributed by atoms with E-state index in [0.717, 1.165) is 10.2 Å². The van der Waals surface area contributed by atoms with E-state index in [2.05, 4.69) is 21.2 Å². The van der Waals surface area contributed by atoms with Gasteiger partial charge in [0.1, 0.15) is 5.82 Å². The Hall–Kier alpha value is -1.06. The van der Waals surface area contributed by atoms with Crippen LogP contribution in [0.15, 0.2) is 46.9 Å². The molecule has 2 aromatic rings. The second kappa shape index (κ2) is 5.52. The Morgan fingerprint density at radius 1 is 1.12 bits per heavy atom. The zero-order valence-electron chi connectivity index (χ0n) is 8.88. The van der Waals surface area contributed by atoms with E-state index in [0.29, 0.717) is 17.1 Å². The molecule has 0 bridgehead atoms. The maximum atomic E-state index is 13.5. The molecule has 0 atom stereocenters. The third-order valence-electron chi connectivity index (χ3n) is 2.38. The largest absolute Gasteiger partial charge is 0.381 e. The first-order valence-corrected chi connectivity index (χ1v) is 6.26. The van der Waals surface area contributed by atoms with Gasteiger partial charge in [0.05, 0.1) is 0 Å². The van der Waals surface area contributed by atoms with E-state index < -0.39 is 0 Å². The van der Waals surface area contributed by atoms with Crippen LogP contribution >= 0.6 is 27.5 Å². The van der Waals surface area contributed by atoms with Gasteiger partial charge in [-0.05, 0) is 36.4 Å². The van der Waals surface area contributed by atoms with Gasteiger partial charge in [-0.1, -0.05) is 33.6 Å². The number of nitrogens with one attached hydrogen (secondary N) is 1. The molecule has 2 aromatic carbocycles. The summed E-state index contributed by atoms with van der Waals surface area (Å²) in [5, 5.41) is 3.56. The van der Waals surface area contributed by atoms with Gasteiger partial charge in [0.25, 0.3) is 0 Å². The van der Waals surface area contributed by atoms with Gasteiger partial charge >= 0.3 is 0 Å². The molecule has 0 spiro atoms. The second-order valence-electron chi connectivity index (χ2n) is 3.56. The number of benzene rings is 2. The van der Waals surface area contributed by atoms with Crippen LogP contribution < -0.4 is 5.32 Å². The molecule has 0 fully saturated rings. The Labute approximate surface area is 113 Å². The number of anilines is 1. The molecule has 0 radical (unpaired) electrons. The van der Waals surface area contributed by atoms with Crippen molar-refractivity contribution >= 4 is 33.2 Å². The normalized spacial score (nSPS) is 10.3. The molecule has 2 rings (SSSR count). The molecule has 0 aliphatic heterocycles. The average Bonchev–Trinajstić information content (AvgIpc) is 2.31. The lowest BCUT2D eigenvalue weighted by Crippen LogP contribution is -2.02. The summed E-state index contributed by atoms with van der Waals surface area (Å²) in [6.07, 6.45) is 0. The smallest absolute Gasteiger partial charge is 0.129 e. The number of rotatable bonds is 3. The molecule has 0 aliphatic rings. The van der Waals surface area contributed by atoms with Gasteiger partial charge in [0.2, 0.25) is 0 Å². The van der Waals surface area contributed by atoms with Crippen molar-refractivity contribution in [2.24, 2.45) is 0 Å². The highest BCUT2D eigenvalue weighted by Crippen LogP contribution is 2.21. The highest BCUT2D eigenvalue weighted by atomic mass is 79.9. The van der Waals surface area contributed by atoms with E-state index in [1.165, 1.54) is 6.07 Å². The van der Waals surface area contributed by atoms with Gasteiger partial charge in [-0.25, -0.2) is 4.39 Å². The minimum absolute atomic E-state index is 0.290. The van der Waals surface area contributed by atoms with Gasteiger partial charge in [-0.3, -0.25) is 0 Å². The van der Waals surface area contributed by atoms with E-state index in [1.54, 1.807) is 12.1 Å². The van der Waals surface area contributed by atoms with Crippen LogP contribution in [0.4, 0.5) is 10.1 Å². The standard InChI is InChI=1S/C13H10BrClFN/c14-9-4-6-10(7-5-9)17-8-11-12(15)2-1-3-13(11)16/h1-7,17H,8H2. The van der Waals surface area contributed by atoms with Crippen LogP contribution in [0, 0.1) is 5.82 Å². The molecular weight excluding hydrogens is 305 g/mol. The van der Waals surface area contributed by atoms with Crippen LogP contribution in [0.25, 0.3) is 0 Å². The molecule has 0 unspecified atom stereocenters. The Balaban J connectivity index is 2.10. The SMILES string of the molecule is Fc1cccc(Cl)c1CNc1ccc(Br)cc1. The van der Waals surface area contributed by atoms with Crippen molar-refractivity contribution in [1.82, 2.24) is 0 Å². The van der Waals surface area contributed by atoms with Crippen LogP contribution in [0.5, 0.6) is 0 Å². The average molecular weight is 315 g/mol. The van der Waals surface area contributed by atoms with Crippen LogP contribution in [-0.2, 0) is 6.54 Å². The minimum Gasteiger partial charge on any atom is -0.381 e. The lowest BCUT2D eigenvalue weighted by atomic mass is 10.2. The summed E-state index contributed by atoms with van der Waals surface area (Å²) >= 11 is 9.29. The summed E-state index contributed by atoms with van der Waals surface area (Å²) in [5.41, 5.74) is 1.41. The summed E-state index contributed by atoms with van der Waals surface area (Å²) in [7, 11) is 0. The summed E-state index contributed by atoms with van der Waals surface area (Å²) in [6, 6.07) is 12.4. The number of halogens is 3. The quantitative estimate of drug-likeness (QED) is 0.853. The lowest BCUT2D eigenvalue weighted by molar-refractivity contribution is 0.613. The van der Waals surface area contributed by atoms with Crippen molar-refractivity contribution in [1.29, 1.82) is 0 Å². The fourth-order valence-electron chi connectivity index (χ4n) is 1.46. The van der Waals surface area contributed by atoms with Gasteiger partial charge in [0.15, 0.2) is 0 Å². The van der Waals surface area contributed by atoms with E-state index in [1.807, 2.05) is 24.3 Å². The first kappa shape index (κ1) is 12.4. The molecule has 0 aliphatic carbocycles. The van der Waals surface area contributed by atoms with E-state index in [-0.39, 0.29) is 5.82 Å². The summed E-state index contributed by atoms with van der Waals surface area (Å²) in [4.78, 5) is 0. The number of hydrogen-bond acceptors (Lipinski definition) is 1. The van der Waals surface area contributed by atoms with Crippen LogP contribution in [0.2, 0.25) is 5.02 Å². The maximum Gasteiger partial charge on any atom is 0.129 e. The minimum atomic E-state index is -0.290. The first-order valence-electron chi connectivity index (χ1n) is 5.09. The first-order chi connectivity index (χ1) is 8.16. The highest BCUT2D eigenvalue weighted by Gasteiger charge is 2.05. The van der Waals surface area contributed by atoms with E-state index in [4.69, 9.17) is 11.6 Å². The molecule has 17 heavy (non-hydrogen) atoms. The van der Waals surface area contributed by atoms with Crippen molar-refractivity contribution in [3.63, 3.8) is 0 Å². The van der Waals surface area contributed by atoms with E-state index >= 15 is 0 Å². The summed E-state index contributed by atoms with van der Waals surface area (Å²) < 4.78 is 14.5. The van der Waals surface area contributed by atoms with Gasteiger partial charge in [-0.15, -0.1) is 0 Å². The van der Waals surface area contributed by atoms with Crippen molar-refractivity contribution in [2.75, 3.05) is 5.32 Å². The second-order valence-corrected chi connectivity index (χ2v) is 4.88. The Kier molecular flexibility index (Phi) is 4.02. The fourth-order valence-corrected chi connectivity index (χ4v) is 1.95. The maximum absolute atomic E-state index is 13.5. The van der Waals surface area contributed by atoms with Crippen molar-refractivity contribution in [3.05, 3.63) is 63.3 Å². The zero-order chi connectivity index (χ0) is 12.3. The van der Waals surface area contributed by atoms with Gasteiger partial charge in [0, 0.05) is 27.3 Å². The molecule has 0 aromatic heterocycles. The molecule has 4 heteroatoms. The van der Waals surface area contributed by atoms with Crippen LogP contribution in [0.3, 0.4) is 0 Å². The van der Waals surface area contributed by atoms with Crippen LogP contribution in [0.1, 0.15) is 5.56 Å². The molecule has 1 nitrogen and oxygen atoms in total. The molecule has 88 valence electrons. The molecule has 1 N–H and O–H groups in total. The molecule has 0 saturated carbocycles. The highest BCUT2D eigenvalue weighted by molar-refractivity contribution is 9.10. The van der Waals surface area contributed by atoms with Crippen molar-refractivity contribution in [2.45, 2.75) is 6.54 Å². The Morgan fingerprint density at radius 3 is 2.47 bits per heavy atom. The van der Waals surface area contributed by atoms with Gasteiger partial charge < -0.3 is 5.32 Å². The summed E-state index contributed by atoms with van der Waals surface area (Å²) in [5.74, 6) is -0.290. The fraction of sp³-hybridized carbons (Fsp3) is 0.0769. The van der Waals surface area contributed by atoms with Gasteiger partial charge in [-0.2, -0.15) is 0 Å². The Bertz CT molecular complexity index is 493. The monoisotopic (exact) mass is 313 g/mol. The lowest BCUT2D eigenvalue weighted by Gasteiger charge is -2.09. The Morgan fingerprint density at radius 2 is 1.82 bits per heavy atom. The predicted molar refractivity (Wildman–Crippen MR) is 72.9 cm³/mol. The molecule has 0 heterocycles. The van der Waals surface area contributed by atoms with E-state index in [9.17, 15) is 4.39 Å². The van der Waals surface area contributed by atoms with Crippen molar-refractivity contribution < 1.29 is 4.39 Å². The third-order valence-corrected chi connectivity index (χ3v) is 3.26. The zero-order valence-corrected chi connectivity index (χ0v) is 11.2. The van der Waals surface area contributed by atoms with Crippen molar-refractivity contribution in [3.8, 4) is 0 Å². The topological polar surface area (TPSA) is 12.0 Å².